The summed E-state index contributed by atoms with van der Waals surface area (Å²) in [6.07, 6.45) is 2.13. The van der Waals surface area contributed by atoms with Gasteiger partial charge in [0.05, 0.1) is 26.7 Å². The number of para-hydroxylation sites is 2. The second kappa shape index (κ2) is 9.06. The van der Waals surface area contributed by atoms with E-state index in [4.69, 9.17) is 9.47 Å². The van der Waals surface area contributed by atoms with Crippen LogP contribution in [0.25, 0.3) is 10.9 Å². The number of aromatic amines is 1. The zero-order chi connectivity index (χ0) is 20.9. The van der Waals surface area contributed by atoms with Gasteiger partial charge in [0.1, 0.15) is 6.04 Å². The zero-order valence-electron chi connectivity index (χ0n) is 17.8. The zero-order valence-corrected chi connectivity index (χ0v) is 17.8. The van der Waals surface area contributed by atoms with Crippen molar-refractivity contribution in [1.82, 2.24) is 4.98 Å². The highest BCUT2D eigenvalue weighted by molar-refractivity contribution is 5.84. The van der Waals surface area contributed by atoms with Crippen molar-refractivity contribution in [3.8, 4) is 11.5 Å². The van der Waals surface area contributed by atoms with Crippen molar-refractivity contribution in [2.24, 2.45) is 0 Å². The minimum atomic E-state index is 0.150. The molecule has 0 unspecified atom stereocenters. The SMILES string of the molecule is COc1cccc([C@@H](C[NH2+][C@@H](C)c2ccccc2)c2c[nH]c3ccccc23)c1OC. The van der Waals surface area contributed by atoms with E-state index < -0.39 is 0 Å². The van der Waals surface area contributed by atoms with E-state index in [-0.39, 0.29) is 5.92 Å². The molecule has 1 heterocycles. The highest BCUT2D eigenvalue weighted by Gasteiger charge is 2.26. The first kappa shape index (κ1) is 20.0. The lowest BCUT2D eigenvalue weighted by atomic mass is 9.89. The maximum Gasteiger partial charge on any atom is 0.164 e. The van der Waals surface area contributed by atoms with E-state index >= 15 is 0 Å². The first-order valence-electron chi connectivity index (χ1n) is 10.4. The maximum atomic E-state index is 5.80. The van der Waals surface area contributed by atoms with Gasteiger partial charge in [0.2, 0.25) is 0 Å². The van der Waals surface area contributed by atoms with Gasteiger partial charge in [-0.3, -0.25) is 0 Å². The largest absolute Gasteiger partial charge is 0.493 e. The van der Waals surface area contributed by atoms with Crippen molar-refractivity contribution in [2.75, 3.05) is 20.8 Å². The number of fused-ring (bicyclic) bond motifs is 1. The number of hydrogen-bond donors (Lipinski definition) is 2. The molecule has 0 aliphatic rings. The van der Waals surface area contributed by atoms with Crippen molar-refractivity contribution in [3.63, 3.8) is 0 Å². The number of aromatic nitrogens is 1. The fraction of sp³-hybridized carbons (Fsp3) is 0.231. The Balaban J connectivity index is 1.74. The van der Waals surface area contributed by atoms with Crippen molar-refractivity contribution in [2.45, 2.75) is 18.9 Å². The summed E-state index contributed by atoms with van der Waals surface area (Å²) in [5.41, 5.74) is 4.88. The maximum absolute atomic E-state index is 5.80. The number of H-pyrrole nitrogens is 1. The van der Waals surface area contributed by atoms with E-state index in [1.54, 1.807) is 14.2 Å². The van der Waals surface area contributed by atoms with E-state index in [1.165, 1.54) is 16.5 Å². The summed E-state index contributed by atoms with van der Waals surface area (Å²) in [5, 5.41) is 3.65. The Bertz CT molecular complexity index is 1100. The van der Waals surface area contributed by atoms with Crippen LogP contribution in [-0.4, -0.2) is 25.7 Å². The molecular formula is C26H29N2O2+. The molecule has 30 heavy (non-hydrogen) atoms. The lowest BCUT2D eigenvalue weighted by Gasteiger charge is -2.22. The standard InChI is InChI=1S/C26H28N2O2/c1-18(19-10-5-4-6-11-19)27-16-23(21-13-9-15-25(29-2)26(21)30-3)22-17-28-24-14-8-7-12-20(22)24/h4-15,17-18,23,27-28H,16H2,1-3H3/p+1/t18-,23+/m0/s1. The highest BCUT2D eigenvalue weighted by Crippen LogP contribution is 2.39. The van der Waals surface area contributed by atoms with Crippen LogP contribution >= 0.6 is 0 Å². The van der Waals surface area contributed by atoms with Gasteiger partial charge in [0, 0.05) is 28.2 Å². The molecule has 2 atom stereocenters. The van der Waals surface area contributed by atoms with Gasteiger partial charge in [0.25, 0.3) is 0 Å². The van der Waals surface area contributed by atoms with Crippen LogP contribution in [0.2, 0.25) is 0 Å². The molecule has 4 aromatic rings. The predicted octanol–water partition coefficient (Wildman–Crippen LogP) is 4.64. The third kappa shape index (κ3) is 3.91. The van der Waals surface area contributed by atoms with Gasteiger partial charge >= 0.3 is 0 Å². The van der Waals surface area contributed by atoms with Crippen LogP contribution in [0.1, 0.15) is 35.6 Å². The van der Waals surface area contributed by atoms with E-state index in [2.05, 4.69) is 84.1 Å². The van der Waals surface area contributed by atoms with Gasteiger partial charge in [-0.15, -0.1) is 0 Å². The summed E-state index contributed by atoms with van der Waals surface area (Å²) in [4.78, 5) is 3.44. The number of hydrogen-bond acceptors (Lipinski definition) is 2. The second-order valence-corrected chi connectivity index (χ2v) is 7.60. The molecule has 0 saturated carbocycles. The van der Waals surface area contributed by atoms with E-state index in [0.717, 1.165) is 29.1 Å². The molecule has 4 heteroatoms. The predicted molar refractivity (Wildman–Crippen MR) is 121 cm³/mol. The first-order chi connectivity index (χ1) is 14.7. The number of rotatable bonds is 8. The Kier molecular flexibility index (Phi) is 6.05. The molecule has 0 aliphatic carbocycles. The van der Waals surface area contributed by atoms with Gasteiger partial charge < -0.3 is 19.8 Å². The normalized spacial score (nSPS) is 13.2. The molecule has 1 aromatic heterocycles. The van der Waals surface area contributed by atoms with Gasteiger partial charge in [-0.25, -0.2) is 0 Å². The van der Waals surface area contributed by atoms with E-state index in [0.29, 0.717) is 6.04 Å². The van der Waals surface area contributed by atoms with Crippen LogP contribution < -0.4 is 14.8 Å². The minimum Gasteiger partial charge on any atom is -0.493 e. The molecule has 0 fully saturated rings. The summed E-state index contributed by atoms with van der Waals surface area (Å²) in [5.74, 6) is 1.71. The van der Waals surface area contributed by atoms with Crippen LogP contribution in [0.4, 0.5) is 0 Å². The van der Waals surface area contributed by atoms with Crippen LogP contribution in [0.15, 0.2) is 79.0 Å². The third-order valence-corrected chi connectivity index (χ3v) is 5.86. The minimum absolute atomic E-state index is 0.150. The molecule has 0 radical (unpaired) electrons. The number of ether oxygens (including phenoxy) is 2. The third-order valence-electron chi connectivity index (χ3n) is 5.86. The molecule has 0 spiro atoms. The summed E-state index contributed by atoms with van der Waals surface area (Å²) < 4.78 is 11.4. The summed E-state index contributed by atoms with van der Waals surface area (Å²) >= 11 is 0. The smallest absolute Gasteiger partial charge is 0.164 e. The Morgan fingerprint density at radius 1 is 0.833 bits per heavy atom. The number of methoxy groups -OCH3 is 2. The number of quaternary nitrogens is 1. The number of benzene rings is 3. The fourth-order valence-corrected chi connectivity index (χ4v) is 4.22. The Morgan fingerprint density at radius 3 is 2.37 bits per heavy atom. The van der Waals surface area contributed by atoms with Gasteiger partial charge in [-0.2, -0.15) is 0 Å². The lowest BCUT2D eigenvalue weighted by molar-refractivity contribution is -0.693. The Hall–Kier alpha value is -3.24. The lowest BCUT2D eigenvalue weighted by Crippen LogP contribution is -2.85. The highest BCUT2D eigenvalue weighted by atomic mass is 16.5. The molecule has 0 saturated heterocycles. The second-order valence-electron chi connectivity index (χ2n) is 7.60. The molecule has 4 nitrogen and oxygen atoms in total. The molecule has 0 bridgehead atoms. The van der Waals surface area contributed by atoms with Crippen molar-refractivity contribution in [1.29, 1.82) is 0 Å². The summed E-state index contributed by atoms with van der Waals surface area (Å²) in [6.45, 7) is 3.14. The first-order valence-corrected chi connectivity index (χ1v) is 10.4. The van der Waals surface area contributed by atoms with Crippen molar-refractivity contribution in [3.05, 3.63) is 95.7 Å². The fourth-order valence-electron chi connectivity index (χ4n) is 4.22. The molecule has 0 amide bonds. The topological polar surface area (TPSA) is 50.9 Å². The van der Waals surface area contributed by atoms with Crippen LogP contribution in [-0.2, 0) is 0 Å². The molecular weight excluding hydrogens is 372 g/mol. The van der Waals surface area contributed by atoms with E-state index in [9.17, 15) is 0 Å². The molecule has 3 aromatic carbocycles. The summed E-state index contributed by atoms with van der Waals surface area (Å²) in [6, 6.07) is 25.6. The van der Waals surface area contributed by atoms with Gasteiger partial charge in [0.15, 0.2) is 11.5 Å². The van der Waals surface area contributed by atoms with Crippen LogP contribution in [0.5, 0.6) is 11.5 Å². The van der Waals surface area contributed by atoms with Crippen LogP contribution in [0, 0.1) is 0 Å². The molecule has 0 aliphatic heterocycles. The summed E-state index contributed by atoms with van der Waals surface area (Å²) in [7, 11) is 3.40. The molecule has 4 rings (SSSR count). The van der Waals surface area contributed by atoms with Crippen LogP contribution in [0.3, 0.4) is 0 Å². The average Bonchev–Trinajstić information content (AvgIpc) is 3.23. The quantitative estimate of drug-likeness (QED) is 0.452. The monoisotopic (exact) mass is 401 g/mol. The molecule has 154 valence electrons. The van der Waals surface area contributed by atoms with Gasteiger partial charge in [-0.1, -0.05) is 60.7 Å². The molecule has 3 N–H and O–H groups in total. The van der Waals surface area contributed by atoms with E-state index in [1.807, 2.05) is 12.1 Å². The number of nitrogens with two attached hydrogens (primary N) is 1. The Morgan fingerprint density at radius 2 is 1.60 bits per heavy atom. The average molecular weight is 402 g/mol. The van der Waals surface area contributed by atoms with Crippen molar-refractivity contribution >= 4 is 10.9 Å². The van der Waals surface area contributed by atoms with Crippen molar-refractivity contribution < 1.29 is 14.8 Å². The Labute approximate surface area is 177 Å². The van der Waals surface area contributed by atoms with Gasteiger partial charge in [-0.05, 0) is 24.6 Å². The number of nitrogens with one attached hydrogen (secondary N) is 1.